The number of hydrogen-bond acceptors (Lipinski definition) is 6. The van der Waals surface area contributed by atoms with Crippen LogP contribution in [0, 0.1) is 11.2 Å². The number of thioether (sulfide) groups is 2. The van der Waals surface area contributed by atoms with Gasteiger partial charge in [-0.3, -0.25) is 4.79 Å². The summed E-state index contributed by atoms with van der Waals surface area (Å²) in [5.74, 6) is -0.824. The molecular formula is C27H36FNO4S3. The van der Waals surface area contributed by atoms with Crippen molar-refractivity contribution in [2.24, 2.45) is 5.41 Å². The van der Waals surface area contributed by atoms with Crippen molar-refractivity contribution in [3.63, 3.8) is 0 Å². The predicted molar refractivity (Wildman–Crippen MR) is 149 cm³/mol. The van der Waals surface area contributed by atoms with Crippen molar-refractivity contribution >= 4 is 50.7 Å². The highest BCUT2D eigenvalue weighted by atomic mass is 32.2. The largest absolute Gasteiger partial charge is 0.480 e. The quantitative estimate of drug-likeness (QED) is 0.313. The van der Waals surface area contributed by atoms with Crippen molar-refractivity contribution in [1.82, 2.24) is 0 Å². The fraction of sp³-hybridized carbons (Fsp3) is 0.519. The summed E-state index contributed by atoms with van der Waals surface area (Å²) in [6.07, 6.45) is 5.34. The van der Waals surface area contributed by atoms with Gasteiger partial charge in [0.25, 0.3) is 0 Å². The summed E-state index contributed by atoms with van der Waals surface area (Å²) in [6, 6.07) is 9.87. The molecule has 1 N–H and O–H groups in total. The summed E-state index contributed by atoms with van der Waals surface area (Å²) in [5, 5.41) is 9.54. The molecule has 198 valence electrons. The van der Waals surface area contributed by atoms with Crippen LogP contribution >= 0.6 is 23.5 Å². The molecule has 0 aromatic heterocycles. The highest BCUT2D eigenvalue weighted by molar-refractivity contribution is 8.00. The molecule has 1 aliphatic rings. The molecule has 9 heteroatoms. The van der Waals surface area contributed by atoms with E-state index >= 15 is 0 Å². The van der Waals surface area contributed by atoms with Gasteiger partial charge in [0.15, 0.2) is 9.84 Å². The number of unbranched alkanes of at least 4 members (excludes halogenated alkanes) is 1. The van der Waals surface area contributed by atoms with Crippen LogP contribution in [0.25, 0.3) is 0 Å². The van der Waals surface area contributed by atoms with Crippen LogP contribution < -0.4 is 4.90 Å². The minimum Gasteiger partial charge on any atom is -0.480 e. The van der Waals surface area contributed by atoms with Gasteiger partial charge in [0, 0.05) is 28.3 Å². The van der Waals surface area contributed by atoms with Gasteiger partial charge >= 0.3 is 5.97 Å². The average Bonchev–Trinajstić information content (AvgIpc) is 2.93. The Hall–Kier alpha value is -1.71. The predicted octanol–water partition coefficient (Wildman–Crippen LogP) is 7.16. The van der Waals surface area contributed by atoms with E-state index in [1.54, 1.807) is 32.0 Å². The van der Waals surface area contributed by atoms with E-state index < -0.39 is 26.0 Å². The first kappa shape index (κ1) is 28.9. The molecule has 0 radical (unpaired) electrons. The second kappa shape index (κ2) is 11.4. The minimum atomic E-state index is -3.65. The number of carboxylic acid groups (broad SMARTS) is 1. The Bertz CT molecular complexity index is 1200. The number of sulfone groups is 1. The van der Waals surface area contributed by atoms with E-state index in [-0.39, 0.29) is 16.5 Å². The Balaban J connectivity index is 2.21. The van der Waals surface area contributed by atoms with E-state index in [1.807, 2.05) is 24.1 Å². The van der Waals surface area contributed by atoms with Crippen molar-refractivity contribution in [1.29, 1.82) is 0 Å². The monoisotopic (exact) mass is 553 g/mol. The fourth-order valence-electron chi connectivity index (χ4n) is 4.57. The molecule has 2 aromatic rings. The van der Waals surface area contributed by atoms with Crippen molar-refractivity contribution < 1.29 is 22.7 Å². The Labute approximate surface area is 223 Å². The Kier molecular flexibility index (Phi) is 9.10. The molecule has 1 heterocycles. The van der Waals surface area contributed by atoms with Gasteiger partial charge in [-0.2, -0.15) is 0 Å². The maximum absolute atomic E-state index is 13.9. The Morgan fingerprint density at radius 2 is 1.86 bits per heavy atom. The van der Waals surface area contributed by atoms with Crippen molar-refractivity contribution in [2.75, 3.05) is 23.5 Å². The maximum Gasteiger partial charge on any atom is 0.319 e. The van der Waals surface area contributed by atoms with Gasteiger partial charge in [0.2, 0.25) is 0 Å². The van der Waals surface area contributed by atoms with Gasteiger partial charge in [-0.1, -0.05) is 26.7 Å². The van der Waals surface area contributed by atoms with E-state index in [9.17, 15) is 22.7 Å². The van der Waals surface area contributed by atoms with Crippen LogP contribution in [0.5, 0.6) is 0 Å². The Morgan fingerprint density at radius 1 is 1.19 bits per heavy atom. The molecule has 0 unspecified atom stereocenters. The number of carbonyl (C=O) groups is 1. The third kappa shape index (κ3) is 6.22. The SMILES string of the molecule is CCCC[C@]1(CC)CN(c2ccc(F)cc2)c2cc(SC)c(CSC(C)(C)C(=O)O)cc2S(=O)(=O)C1. The summed E-state index contributed by atoms with van der Waals surface area (Å²) in [4.78, 5) is 14.8. The van der Waals surface area contributed by atoms with Gasteiger partial charge in [0.05, 0.1) is 16.3 Å². The van der Waals surface area contributed by atoms with E-state index in [0.717, 1.165) is 35.4 Å². The number of carboxylic acids is 1. The zero-order valence-electron chi connectivity index (χ0n) is 21.6. The van der Waals surface area contributed by atoms with Crippen LogP contribution in [0.2, 0.25) is 0 Å². The van der Waals surface area contributed by atoms with Gasteiger partial charge < -0.3 is 10.0 Å². The zero-order valence-corrected chi connectivity index (χ0v) is 24.1. The lowest BCUT2D eigenvalue weighted by molar-refractivity contribution is -0.138. The first-order valence-corrected chi connectivity index (χ1v) is 16.1. The number of aliphatic carboxylic acids is 1. The van der Waals surface area contributed by atoms with Crippen LogP contribution in [-0.4, -0.2) is 42.8 Å². The molecule has 0 fully saturated rings. The smallest absolute Gasteiger partial charge is 0.319 e. The highest BCUT2D eigenvalue weighted by Crippen LogP contribution is 2.46. The zero-order chi connectivity index (χ0) is 26.7. The molecule has 0 aliphatic carbocycles. The normalized spacial score (nSPS) is 19.6. The van der Waals surface area contributed by atoms with Crippen LogP contribution in [-0.2, 0) is 20.4 Å². The van der Waals surface area contributed by atoms with Gasteiger partial charge in [0.1, 0.15) is 10.6 Å². The lowest BCUT2D eigenvalue weighted by Gasteiger charge is -2.36. The van der Waals surface area contributed by atoms with E-state index in [2.05, 4.69) is 6.92 Å². The summed E-state index contributed by atoms with van der Waals surface area (Å²) >= 11 is 2.79. The molecule has 36 heavy (non-hydrogen) atoms. The number of anilines is 2. The number of fused-ring (bicyclic) bond motifs is 1. The van der Waals surface area contributed by atoms with Gasteiger partial charge in [-0.15, -0.1) is 23.5 Å². The molecule has 0 saturated carbocycles. The second-order valence-corrected chi connectivity index (χ2v) is 14.4. The van der Waals surface area contributed by atoms with Crippen LogP contribution in [0.15, 0.2) is 46.2 Å². The molecule has 0 bridgehead atoms. The summed E-state index contributed by atoms with van der Waals surface area (Å²) in [6.45, 7) is 7.98. The van der Waals surface area contributed by atoms with E-state index in [0.29, 0.717) is 24.4 Å². The molecular weight excluding hydrogens is 517 g/mol. The number of benzene rings is 2. The van der Waals surface area contributed by atoms with Crippen molar-refractivity contribution in [3.8, 4) is 0 Å². The Morgan fingerprint density at radius 3 is 2.42 bits per heavy atom. The minimum absolute atomic E-state index is 0.0486. The fourth-order valence-corrected chi connectivity index (χ4v) is 8.37. The number of rotatable bonds is 10. The molecule has 1 aliphatic heterocycles. The summed E-state index contributed by atoms with van der Waals surface area (Å²) in [5.41, 5.74) is 1.72. The van der Waals surface area contributed by atoms with Gasteiger partial charge in [-0.05, 0) is 74.9 Å². The molecule has 0 spiro atoms. The van der Waals surface area contributed by atoms with Crippen molar-refractivity contribution in [3.05, 3.63) is 47.8 Å². The topological polar surface area (TPSA) is 74.7 Å². The molecule has 1 atom stereocenters. The molecule has 3 rings (SSSR count). The molecule has 0 amide bonds. The molecule has 0 saturated heterocycles. The van der Waals surface area contributed by atoms with Crippen LogP contribution in [0.4, 0.5) is 15.8 Å². The second-order valence-electron chi connectivity index (χ2n) is 10.0. The number of nitrogens with zero attached hydrogens (tertiary/aromatic N) is 1. The average molecular weight is 554 g/mol. The standard InChI is InChI=1S/C27H36FNO4S3/c1-6-8-13-27(7-2)17-29(21-11-9-20(28)10-12-21)22-15-23(34-5)19(14-24(22)36(32,33)18-27)16-35-26(3,4)25(30)31/h9-12,14-15H,6-8,13,16-18H2,1-5H3,(H,30,31)/t27-/m1/s1. The van der Waals surface area contributed by atoms with Crippen LogP contribution in [0.1, 0.15) is 58.9 Å². The van der Waals surface area contributed by atoms with Crippen molar-refractivity contribution in [2.45, 2.75) is 73.7 Å². The first-order valence-electron chi connectivity index (χ1n) is 12.2. The molecule has 2 aromatic carbocycles. The summed E-state index contributed by atoms with van der Waals surface area (Å²) in [7, 11) is -3.65. The number of hydrogen-bond donors (Lipinski definition) is 1. The van der Waals surface area contributed by atoms with E-state index in [4.69, 9.17) is 0 Å². The van der Waals surface area contributed by atoms with E-state index in [1.165, 1.54) is 35.7 Å². The number of halogens is 1. The summed E-state index contributed by atoms with van der Waals surface area (Å²) < 4.78 is 40.6. The molecule has 5 nitrogen and oxygen atoms in total. The van der Waals surface area contributed by atoms with Crippen LogP contribution in [0.3, 0.4) is 0 Å². The third-order valence-corrected chi connectivity index (χ3v) is 11.2. The third-order valence-electron chi connectivity index (χ3n) is 7.03. The highest BCUT2D eigenvalue weighted by Gasteiger charge is 2.42. The lowest BCUT2D eigenvalue weighted by atomic mass is 9.81. The lowest BCUT2D eigenvalue weighted by Crippen LogP contribution is -2.37. The maximum atomic E-state index is 13.9. The first-order chi connectivity index (χ1) is 16.9. The van der Waals surface area contributed by atoms with Gasteiger partial charge in [-0.25, -0.2) is 12.8 Å².